The molecule has 0 fully saturated rings. The SMILES string of the molecule is CCCCCCCCCCCCCCCCCC(=O)OC[C@H](COP(=O)(O)OC[C@@H](O)COP(=O)(O)OC[C@@H](COC(=O)CCCCCCCCCC(C)C)OC(=O)CCCCCCCCCCCCC(C)C)OC(=O)CCCCCCCCCCCCCCCC(C)C. The third-order valence-electron chi connectivity index (χ3n) is 17.4. The zero-order valence-electron chi connectivity index (χ0n) is 61.4. The molecule has 0 bridgehead atoms. The quantitative estimate of drug-likeness (QED) is 0.0222. The molecule has 0 radical (unpaired) electrons. The lowest BCUT2D eigenvalue weighted by Gasteiger charge is -2.21. The Balaban J connectivity index is 5.25. The van der Waals surface area contributed by atoms with Gasteiger partial charge in [-0.2, -0.15) is 0 Å². The van der Waals surface area contributed by atoms with E-state index >= 15 is 0 Å². The number of rotatable bonds is 73. The first-order valence-corrected chi connectivity index (χ1v) is 41.8. The van der Waals surface area contributed by atoms with E-state index in [-0.39, 0.29) is 25.7 Å². The molecule has 0 heterocycles. The number of unbranched alkanes of at least 4 members (excludes halogenated alkanes) is 41. The molecular weight excluding hydrogens is 1230 g/mol. The summed E-state index contributed by atoms with van der Waals surface area (Å²) in [5, 5.41) is 10.6. The lowest BCUT2D eigenvalue weighted by molar-refractivity contribution is -0.161. The maximum Gasteiger partial charge on any atom is 0.472 e. The highest BCUT2D eigenvalue weighted by Gasteiger charge is 2.30. The van der Waals surface area contributed by atoms with Crippen molar-refractivity contribution in [3.63, 3.8) is 0 Å². The van der Waals surface area contributed by atoms with Crippen LogP contribution in [0.25, 0.3) is 0 Å². The predicted molar refractivity (Wildman–Crippen MR) is 381 cm³/mol. The molecule has 94 heavy (non-hydrogen) atoms. The zero-order chi connectivity index (χ0) is 69.4. The van der Waals surface area contributed by atoms with E-state index in [1.807, 2.05) is 0 Å². The number of phosphoric acid groups is 2. The molecular formula is C75H146O17P2. The summed E-state index contributed by atoms with van der Waals surface area (Å²) in [6, 6.07) is 0. The molecule has 0 aliphatic rings. The molecule has 0 saturated carbocycles. The minimum atomic E-state index is -4.96. The van der Waals surface area contributed by atoms with Crippen LogP contribution < -0.4 is 0 Å². The molecule has 0 saturated heterocycles. The van der Waals surface area contributed by atoms with Gasteiger partial charge in [0.2, 0.25) is 0 Å². The molecule has 0 aromatic carbocycles. The van der Waals surface area contributed by atoms with Crippen molar-refractivity contribution in [1.29, 1.82) is 0 Å². The molecule has 0 aromatic heterocycles. The summed E-state index contributed by atoms with van der Waals surface area (Å²) in [4.78, 5) is 72.8. The average Bonchev–Trinajstić information content (AvgIpc) is 1.13. The number of carbonyl (C=O) groups is 4. The summed E-state index contributed by atoms with van der Waals surface area (Å²) in [6.07, 6.45) is 51.3. The molecule has 0 aliphatic heterocycles. The lowest BCUT2D eigenvalue weighted by Crippen LogP contribution is -2.30. The zero-order valence-corrected chi connectivity index (χ0v) is 63.2. The second kappa shape index (κ2) is 65.7. The maximum atomic E-state index is 13.1. The Labute approximate surface area is 575 Å². The highest BCUT2D eigenvalue weighted by Crippen LogP contribution is 2.45. The predicted octanol–water partition coefficient (Wildman–Crippen LogP) is 21.8. The summed E-state index contributed by atoms with van der Waals surface area (Å²) in [7, 11) is -9.91. The number of aliphatic hydroxyl groups is 1. The van der Waals surface area contributed by atoms with Crippen molar-refractivity contribution < 1.29 is 80.2 Å². The van der Waals surface area contributed by atoms with Gasteiger partial charge in [0, 0.05) is 25.7 Å². The van der Waals surface area contributed by atoms with Gasteiger partial charge in [-0.25, -0.2) is 9.13 Å². The van der Waals surface area contributed by atoms with E-state index in [9.17, 15) is 43.2 Å². The summed E-state index contributed by atoms with van der Waals surface area (Å²) < 4.78 is 68.5. The van der Waals surface area contributed by atoms with Crippen molar-refractivity contribution >= 4 is 39.5 Å². The molecule has 0 rings (SSSR count). The Bertz CT molecular complexity index is 1840. The van der Waals surface area contributed by atoms with Gasteiger partial charge in [0.15, 0.2) is 12.2 Å². The molecule has 0 aliphatic carbocycles. The second-order valence-electron chi connectivity index (χ2n) is 28.5. The van der Waals surface area contributed by atoms with Crippen LogP contribution in [0.2, 0.25) is 0 Å². The van der Waals surface area contributed by atoms with Gasteiger partial charge in [0.25, 0.3) is 0 Å². The standard InChI is InChI=1S/C75H146O17P2/c1-8-9-10-11-12-13-14-15-16-19-22-28-35-42-49-56-72(77)85-62-70(91-74(79)58-51-44-36-29-23-20-17-18-21-26-32-39-46-53-66(2)3)64-89-93(81,82)87-60-69(76)61-88-94(83,84)90-65-71(63-86-73(78)57-50-43-38-31-34-41-48-55-68(6)7)92-75(80)59-52-45-37-30-25-24-27-33-40-47-54-67(4)5/h66-71,76H,8-65H2,1-7H3,(H,81,82)(H,83,84)/t69-,70-,71-/m1/s1. The summed E-state index contributed by atoms with van der Waals surface area (Å²) in [5.41, 5.74) is 0. The fourth-order valence-corrected chi connectivity index (χ4v) is 13.0. The fourth-order valence-electron chi connectivity index (χ4n) is 11.4. The summed E-state index contributed by atoms with van der Waals surface area (Å²) in [5.74, 6) is 0.124. The van der Waals surface area contributed by atoms with Crippen molar-refractivity contribution in [1.82, 2.24) is 0 Å². The average molecular weight is 1380 g/mol. The van der Waals surface area contributed by atoms with Crippen molar-refractivity contribution in [3.05, 3.63) is 0 Å². The van der Waals surface area contributed by atoms with Gasteiger partial charge in [0.05, 0.1) is 26.4 Å². The van der Waals surface area contributed by atoms with Crippen LogP contribution in [-0.2, 0) is 65.4 Å². The van der Waals surface area contributed by atoms with Crippen molar-refractivity contribution in [2.75, 3.05) is 39.6 Å². The van der Waals surface area contributed by atoms with Crippen LogP contribution in [0.4, 0.5) is 0 Å². The fraction of sp³-hybridized carbons (Fsp3) is 0.947. The van der Waals surface area contributed by atoms with Crippen molar-refractivity contribution in [2.45, 2.75) is 401 Å². The third kappa shape index (κ3) is 68.6. The highest BCUT2D eigenvalue weighted by atomic mass is 31.2. The second-order valence-corrected chi connectivity index (χ2v) is 31.4. The molecule has 0 spiro atoms. The number of aliphatic hydroxyl groups excluding tert-OH is 1. The lowest BCUT2D eigenvalue weighted by atomic mass is 10.0. The highest BCUT2D eigenvalue weighted by molar-refractivity contribution is 7.47. The van der Waals surface area contributed by atoms with Crippen molar-refractivity contribution in [3.8, 4) is 0 Å². The van der Waals surface area contributed by atoms with Crippen molar-refractivity contribution in [2.24, 2.45) is 17.8 Å². The van der Waals surface area contributed by atoms with Gasteiger partial charge < -0.3 is 33.8 Å². The number of esters is 4. The van der Waals surface area contributed by atoms with Crippen LogP contribution in [0.1, 0.15) is 382 Å². The largest absolute Gasteiger partial charge is 0.472 e. The monoisotopic (exact) mass is 1380 g/mol. The molecule has 0 aromatic rings. The van der Waals surface area contributed by atoms with E-state index in [0.29, 0.717) is 31.6 Å². The minimum Gasteiger partial charge on any atom is -0.462 e. The third-order valence-corrected chi connectivity index (χ3v) is 19.3. The molecule has 2 unspecified atom stereocenters. The first-order valence-electron chi connectivity index (χ1n) is 38.8. The normalized spacial score (nSPS) is 14.1. The number of ether oxygens (including phenoxy) is 4. The minimum absolute atomic E-state index is 0.105. The number of phosphoric ester groups is 2. The Hall–Kier alpha value is -1.94. The molecule has 5 atom stereocenters. The van der Waals surface area contributed by atoms with E-state index in [1.54, 1.807) is 0 Å². The van der Waals surface area contributed by atoms with Crippen LogP contribution in [0.3, 0.4) is 0 Å². The number of carbonyl (C=O) groups excluding carboxylic acids is 4. The molecule has 19 heteroatoms. The molecule has 0 amide bonds. The molecule has 3 N–H and O–H groups in total. The van der Waals surface area contributed by atoms with Crippen LogP contribution >= 0.6 is 15.6 Å². The first kappa shape index (κ1) is 92.1. The Morgan fingerprint density at radius 3 is 0.723 bits per heavy atom. The Morgan fingerprint density at radius 2 is 0.489 bits per heavy atom. The van der Waals surface area contributed by atoms with Gasteiger partial charge in [-0.15, -0.1) is 0 Å². The van der Waals surface area contributed by atoms with E-state index in [1.165, 1.54) is 186 Å². The van der Waals surface area contributed by atoms with E-state index in [4.69, 9.17) is 37.0 Å². The molecule has 558 valence electrons. The summed E-state index contributed by atoms with van der Waals surface area (Å²) >= 11 is 0. The van der Waals surface area contributed by atoms with Gasteiger partial charge >= 0.3 is 39.5 Å². The van der Waals surface area contributed by atoms with Crippen LogP contribution in [0.5, 0.6) is 0 Å². The first-order chi connectivity index (χ1) is 45.2. The summed E-state index contributed by atoms with van der Waals surface area (Å²) in [6.45, 7) is 11.8. The van der Waals surface area contributed by atoms with E-state index in [2.05, 4.69) is 48.5 Å². The smallest absolute Gasteiger partial charge is 0.462 e. The Kier molecular flexibility index (Phi) is 64.3. The van der Waals surface area contributed by atoms with Gasteiger partial charge in [-0.1, -0.05) is 331 Å². The van der Waals surface area contributed by atoms with E-state index in [0.717, 1.165) is 108 Å². The number of hydrogen-bond donors (Lipinski definition) is 3. The van der Waals surface area contributed by atoms with Crippen LogP contribution in [0, 0.1) is 17.8 Å². The molecule has 17 nitrogen and oxygen atoms in total. The topological polar surface area (TPSA) is 237 Å². The van der Waals surface area contributed by atoms with E-state index < -0.39 is 97.5 Å². The van der Waals surface area contributed by atoms with Crippen LogP contribution in [0.15, 0.2) is 0 Å². The maximum absolute atomic E-state index is 13.1. The van der Waals surface area contributed by atoms with Gasteiger partial charge in [-0.3, -0.25) is 37.3 Å². The van der Waals surface area contributed by atoms with Crippen LogP contribution in [-0.4, -0.2) is 96.7 Å². The Morgan fingerprint density at radius 1 is 0.287 bits per heavy atom. The van der Waals surface area contributed by atoms with Gasteiger partial charge in [0.1, 0.15) is 19.3 Å². The number of hydrogen-bond acceptors (Lipinski definition) is 15. The van der Waals surface area contributed by atoms with Gasteiger partial charge in [-0.05, 0) is 43.4 Å².